The van der Waals surface area contributed by atoms with Crippen LogP contribution in [0.4, 0.5) is 0 Å². The van der Waals surface area contributed by atoms with Crippen molar-refractivity contribution >= 4 is 5.78 Å². The Labute approximate surface area is 110 Å². The summed E-state index contributed by atoms with van der Waals surface area (Å²) >= 11 is 0. The highest BCUT2D eigenvalue weighted by Crippen LogP contribution is 2.37. The molecule has 0 spiro atoms. The van der Waals surface area contributed by atoms with Gasteiger partial charge in [-0.25, -0.2) is 0 Å². The molecule has 0 aliphatic carbocycles. The maximum Gasteiger partial charge on any atom is 0.231 e. The molecule has 1 atom stereocenters. The highest BCUT2D eigenvalue weighted by atomic mass is 16.7. The number of carbonyl (C=O) groups excluding carboxylic acids is 1. The summed E-state index contributed by atoms with van der Waals surface area (Å²) in [6.45, 7) is 0.0983. The summed E-state index contributed by atoms with van der Waals surface area (Å²) in [4.78, 5) is 12.3. The van der Waals surface area contributed by atoms with Gasteiger partial charge in [0.2, 0.25) is 6.79 Å². The molecule has 0 radical (unpaired) electrons. The molecule has 0 bridgehead atoms. The molecule has 2 aromatic rings. The quantitative estimate of drug-likeness (QED) is 0.856. The van der Waals surface area contributed by atoms with Gasteiger partial charge in [0.05, 0.1) is 5.56 Å². The van der Waals surface area contributed by atoms with Crippen molar-refractivity contribution in [3.8, 4) is 11.5 Å². The molecule has 4 nitrogen and oxygen atoms in total. The second-order valence-electron chi connectivity index (χ2n) is 4.22. The Morgan fingerprint density at radius 1 is 1.05 bits per heavy atom. The summed E-state index contributed by atoms with van der Waals surface area (Å²) in [6.07, 6.45) is -1.20. The molecule has 1 aliphatic heterocycles. The predicted octanol–water partition coefficient (Wildman–Crippen LogP) is 2.33. The first kappa shape index (κ1) is 11.7. The fourth-order valence-corrected chi connectivity index (χ4v) is 2.06. The average molecular weight is 256 g/mol. The van der Waals surface area contributed by atoms with Crippen molar-refractivity contribution in [1.82, 2.24) is 0 Å². The summed E-state index contributed by atoms with van der Waals surface area (Å²) in [5.74, 6) is 0.544. The lowest BCUT2D eigenvalue weighted by Crippen LogP contribution is -2.13. The lowest BCUT2D eigenvalue weighted by atomic mass is 9.99. The lowest BCUT2D eigenvalue weighted by Gasteiger charge is -2.11. The van der Waals surface area contributed by atoms with Gasteiger partial charge in [0, 0.05) is 0 Å². The molecular weight excluding hydrogens is 244 g/mol. The lowest BCUT2D eigenvalue weighted by molar-refractivity contribution is 0.0743. The third-order valence-corrected chi connectivity index (χ3v) is 3.03. The number of para-hydroxylation sites is 1. The zero-order chi connectivity index (χ0) is 13.2. The van der Waals surface area contributed by atoms with Crippen LogP contribution in [0.25, 0.3) is 0 Å². The Morgan fingerprint density at radius 2 is 1.84 bits per heavy atom. The van der Waals surface area contributed by atoms with Crippen molar-refractivity contribution in [2.75, 3.05) is 6.79 Å². The van der Waals surface area contributed by atoms with Crippen molar-refractivity contribution in [2.24, 2.45) is 0 Å². The van der Waals surface area contributed by atoms with Gasteiger partial charge >= 0.3 is 0 Å². The zero-order valence-corrected chi connectivity index (χ0v) is 10.1. The van der Waals surface area contributed by atoms with Crippen LogP contribution in [0, 0.1) is 0 Å². The van der Waals surface area contributed by atoms with Gasteiger partial charge in [-0.05, 0) is 17.7 Å². The number of aliphatic hydroxyl groups excluding tert-OH is 1. The predicted molar refractivity (Wildman–Crippen MR) is 68.3 cm³/mol. The van der Waals surface area contributed by atoms with Gasteiger partial charge in [0.15, 0.2) is 17.3 Å². The maximum atomic E-state index is 12.3. The minimum Gasteiger partial charge on any atom is -0.454 e. The van der Waals surface area contributed by atoms with E-state index >= 15 is 0 Å². The van der Waals surface area contributed by atoms with E-state index in [0.717, 1.165) is 0 Å². The molecule has 0 fully saturated rings. The van der Waals surface area contributed by atoms with E-state index in [1.165, 1.54) is 0 Å². The molecule has 1 heterocycles. The van der Waals surface area contributed by atoms with Crippen molar-refractivity contribution in [1.29, 1.82) is 0 Å². The van der Waals surface area contributed by atoms with Gasteiger partial charge in [-0.15, -0.1) is 0 Å². The molecule has 19 heavy (non-hydrogen) atoms. The van der Waals surface area contributed by atoms with Crippen molar-refractivity contribution < 1.29 is 19.4 Å². The summed E-state index contributed by atoms with van der Waals surface area (Å²) in [5, 5.41) is 10.1. The number of hydrogen-bond donors (Lipinski definition) is 1. The van der Waals surface area contributed by atoms with Crippen LogP contribution in [-0.4, -0.2) is 17.7 Å². The van der Waals surface area contributed by atoms with E-state index in [1.54, 1.807) is 42.5 Å². The fraction of sp³-hybridized carbons (Fsp3) is 0.133. The number of fused-ring (bicyclic) bond motifs is 1. The first-order valence-corrected chi connectivity index (χ1v) is 5.93. The minimum absolute atomic E-state index is 0.0983. The van der Waals surface area contributed by atoms with E-state index < -0.39 is 11.9 Å². The molecule has 1 N–H and O–H groups in total. The Balaban J connectivity index is 1.95. The normalized spacial score (nSPS) is 14.2. The summed E-state index contributed by atoms with van der Waals surface area (Å²) in [6, 6.07) is 13.9. The van der Waals surface area contributed by atoms with Crippen molar-refractivity contribution in [3.05, 3.63) is 59.7 Å². The van der Waals surface area contributed by atoms with E-state index in [4.69, 9.17) is 9.47 Å². The molecule has 96 valence electrons. The Kier molecular flexibility index (Phi) is 2.93. The monoisotopic (exact) mass is 256 g/mol. The maximum absolute atomic E-state index is 12.3. The molecule has 1 aliphatic rings. The van der Waals surface area contributed by atoms with Crippen molar-refractivity contribution in [3.63, 3.8) is 0 Å². The first-order valence-electron chi connectivity index (χ1n) is 5.93. The highest BCUT2D eigenvalue weighted by Gasteiger charge is 2.26. The van der Waals surface area contributed by atoms with Gasteiger partial charge in [-0.3, -0.25) is 4.79 Å². The third-order valence-electron chi connectivity index (χ3n) is 3.03. The van der Waals surface area contributed by atoms with Crippen LogP contribution in [0.1, 0.15) is 22.0 Å². The van der Waals surface area contributed by atoms with Gasteiger partial charge in [0.25, 0.3) is 0 Å². The average Bonchev–Trinajstić information content (AvgIpc) is 2.95. The van der Waals surface area contributed by atoms with Crippen LogP contribution in [0.15, 0.2) is 48.5 Å². The highest BCUT2D eigenvalue weighted by molar-refractivity contribution is 6.02. The van der Waals surface area contributed by atoms with Gasteiger partial charge < -0.3 is 14.6 Å². The second kappa shape index (κ2) is 4.74. The Morgan fingerprint density at radius 3 is 2.63 bits per heavy atom. The molecule has 0 saturated carbocycles. The fourth-order valence-electron chi connectivity index (χ4n) is 2.06. The number of carbonyl (C=O) groups is 1. The Bertz CT molecular complexity index is 607. The third kappa shape index (κ3) is 2.06. The standard InChI is InChI=1S/C15H12O4/c16-13(10-5-2-1-3-6-10)14(17)11-7-4-8-12-15(11)19-9-18-12/h1-8,13,16H,9H2. The molecule has 2 aromatic carbocycles. The SMILES string of the molecule is O=C(c1cccc2c1OCO2)C(O)c1ccccc1. The van der Waals surface area contributed by atoms with Crippen LogP contribution in [0.3, 0.4) is 0 Å². The minimum atomic E-state index is -1.20. The van der Waals surface area contributed by atoms with Gasteiger partial charge in [-0.1, -0.05) is 36.4 Å². The van der Waals surface area contributed by atoms with E-state index in [1.807, 2.05) is 6.07 Å². The summed E-state index contributed by atoms with van der Waals surface area (Å²) in [5.41, 5.74) is 0.898. The number of benzene rings is 2. The zero-order valence-electron chi connectivity index (χ0n) is 10.1. The number of ketones is 1. The number of ether oxygens (including phenoxy) is 2. The molecule has 4 heteroatoms. The van der Waals surface area contributed by atoms with Crippen molar-refractivity contribution in [2.45, 2.75) is 6.10 Å². The van der Waals surface area contributed by atoms with Gasteiger partial charge in [-0.2, -0.15) is 0 Å². The summed E-state index contributed by atoms with van der Waals surface area (Å²) in [7, 11) is 0. The van der Waals surface area contributed by atoms with E-state index in [-0.39, 0.29) is 6.79 Å². The number of aliphatic hydroxyl groups is 1. The second-order valence-corrected chi connectivity index (χ2v) is 4.22. The number of Topliss-reactive ketones (excluding diaryl/α,β-unsaturated/α-hetero) is 1. The van der Waals surface area contributed by atoms with E-state index in [0.29, 0.717) is 22.6 Å². The molecule has 0 saturated heterocycles. The summed E-state index contributed by atoms with van der Waals surface area (Å²) < 4.78 is 10.5. The Hall–Kier alpha value is -2.33. The van der Waals surface area contributed by atoms with Crippen LogP contribution >= 0.6 is 0 Å². The molecule has 0 aromatic heterocycles. The molecule has 3 rings (SSSR count). The smallest absolute Gasteiger partial charge is 0.231 e. The van der Waals surface area contributed by atoms with Crippen LogP contribution in [0.2, 0.25) is 0 Å². The van der Waals surface area contributed by atoms with Crippen LogP contribution in [-0.2, 0) is 0 Å². The molecular formula is C15H12O4. The van der Waals surface area contributed by atoms with E-state index in [2.05, 4.69) is 0 Å². The molecule has 1 unspecified atom stereocenters. The van der Waals surface area contributed by atoms with E-state index in [9.17, 15) is 9.90 Å². The largest absolute Gasteiger partial charge is 0.454 e. The first-order chi connectivity index (χ1) is 9.27. The van der Waals surface area contributed by atoms with Crippen LogP contribution in [0.5, 0.6) is 11.5 Å². The number of hydrogen-bond acceptors (Lipinski definition) is 4. The number of rotatable bonds is 3. The topological polar surface area (TPSA) is 55.8 Å². The van der Waals surface area contributed by atoms with Crippen LogP contribution < -0.4 is 9.47 Å². The van der Waals surface area contributed by atoms with Gasteiger partial charge in [0.1, 0.15) is 6.10 Å². The molecule has 0 amide bonds.